The van der Waals surface area contributed by atoms with Crippen LogP contribution < -0.4 is 10.9 Å². The molecule has 142 valence electrons. The van der Waals surface area contributed by atoms with E-state index in [0.717, 1.165) is 12.1 Å². The van der Waals surface area contributed by atoms with Gasteiger partial charge in [-0.15, -0.1) is 0 Å². The van der Waals surface area contributed by atoms with Gasteiger partial charge in [0.15, 0.2) is 0 Å². The molecular formula is C17H19F3N2O4. The van der Waals surface area contributed by atoms with Crippen molar-refractivity contribution in [3.8, 4) is 0 Å². The van der Waals surface area contributed by atoms with E-state index < -0.39 is 29.2 Å². The summed E-state index contributed by atoms with van der Waals surface area (Å²) in [7, 11) is 2.92. The van der Waals surface area contributed by atoms with Gasteiger partial charge >= 0.3 is 6.18 Å². The molecule has 1 aromatic carbocycles. The number of H-pyrrole nitrogens is 1. The number of fused-ring (bicyclic) bond motifs is 1. The van der Waals surface area contributed by atoms with Crippen molar-refractivity contribution < 1.29 is 27.4 Å². The van der Waals surface area contributed by atoms with E-state index in [1.807, 2.05) is 0 Å². The fourth-order valence-corrected chi connectivity index (χ4v) is 2.71. The van der Waals surface area contributed by atoms with Crippen molar-refractivity contribution in [3.05, 3.63) is 45.2 Å². The molecule has 0 aliphatic carbocycles. The summed E-state index contributed by atoms with van der Waals surface area (Å²) in [5.41, 5.74) is -1.49. The lowest BCUT2D eigenvalue weighted by Crippen LogP contribution is -2.43. The second kappa shape index (κ2) is 7.88. The van der Waals surface area contributed by atoms with Gasteiger partial charge in [0.1, 0.15) is 5.56 Å². The van der Waals surface area contributed by atoms with Gasteiger partial charge < -0.3 is 19.8 Å². The number of carbonyl (C=O) groups is 1. The largest absolute Gasteiger partial charge is 0.416 e. The topological polar surface area (TPSA) is 80.4 Å². The molecule has 2 aromatic rings. The zero-order valence-corrected chi connectivity index (χ0v) is 14.5. The highest BCUT2D eigenvalue weighted by Gasteiger charge is 2.31. The van der Waals surface area contributed by atoms with Crippen molar-refractivity contribution in [1.29, 1.82) is 0 Å². The second-order valence-corrected chi connectivity index (χ2v) is 5.79. The third kappa shape index (κ3) is 4.23. The fourth-order valence-electron chi connectivity index (χ4n) is 2.71. The molecule has 2 rings (SSSR count). The Morgan fingerprint density at radius 2 is 1.85 bits per heavy atom. The number of nitrogens with one attached hydrogen (secondary N) is 2. The highest BCUT2D eigenvalue weighted by molar-refractivity contribution is 6.00. The number of aromatic amines is 1. The van der Waals surface area contributed by atoms with Crippen molar-refractivity contribution >= 4 is 16.8 Å². The molecule has 0 atom stereocenters. The Bertz CT molecular complexity index is 855. The maximum absolute atomic E-state index is 12.8. The average molecular weight is 372 g/mol. The van der Waals surface area contributed by atoms with Crippen LogP contribution in [0.5, 0.6) is 0 Å². The molecule has 6 nitrogen and oxygen atoms in total. The summed E-state index contributed by atoms with van der Waals surface area (Å²) in [6, 6.07) is 2.53. The third-order valence-electron chi connectivity index (χ3n) is 3.90. The van der Waals surface area contributed by atoms with Gasteiger partial charge in [-0.1, -0.05) is 6.07 Å². The van der Waals surface area contributed by atoms with E-state index in [2.05, 4.69) is 10.3 Å². The van der Waals surface area contributed by atoms with Gasteiger partial charge in [0, 0.05) is 25.1 Å². The molecule has 2 N–H and O–H groups in total. The standard InChI is InChI=1S/C17H19F3N2O4/c1-9-12-5-4-10(17(18,19)20)6-13(12)22-16(24)14(9)15(23)21-11(7-25-2)8-26-3/h4-6,11H,7-8H2,1-3H3,(H,21,23)(H,22,24). The number of alkyl halides is 3. The summed E-state index contributed by atoms with van der Waals surface area (Å²) >= 11 is 0. The van der Waals surface area contributed by atoms with E-state index in [9.17, 15) is 22.8 Å². The number of methoxy groups -OCH3 is 2. The van der Waals surface area contributed by atoms with Crippen LogP contribution in [0.25, 0.3) is 10.9 Å². The molecule has 1 aromatic heterocycles. The minimum atomic E-state index is -4.53. The number of ether oxygens (including phenoxy) is 2. The first-order valence-electron chi connectivity index (χ1n) is 7.71. The Kier molecular flexibility index (Phi) is 6.04. The molecule has 0 radical (unpaired) electrons. The molecule has 0 fully saturated rings. The summed E-state index contributed by atoms with van der Waals surface area (Å²) in [6.45, 7) is 1.87. The first kappa shape index (κ1) is 19.9. The number of halogens is 3. The van der Waals surface area contributed by atoms with E-state index in [1.54, 1.807) is 0 Å². The van der Waals surface area contributed by atoms with Gasteiger partial charge in [0.25, 0.3) is 11.5 Å². The normalized spacial score (nSPS) is 12.0. The van der Waals surface area contributed by atoms with Gasteiger partial charge in [-0.2, -0.15) is 13.2 Å². The van der Waals surface area contributed by atoms with Crippen molar-refractivity contribution in [2.24, 2.45) is 0 Å². The van der Waals surface area contributed by atoms with Crippen molar-refractivity contribution in [2.75, 3.05) is 27.4 Å². The molecule has 0 saturated carbocycles. The lowest BCUT2D eigenvalue weighted by atomic mass is 10.0. The number of pyridine rings is 1. The fraction of sp³-hybridized carbons (Fsp3) is 0.412. The van der Waals surface area contributed by atoms with E-state index in [1.165, 1.54) is 27.2 Å². The SMILES string of the molecule is COCC(COC)NC(=O)c1c(C)c2ccc(C(F)(F)F)cc2[nH]c1=O. The molecule has 0 spiro atoms. The van der Waals surface area contributed by atoms with Crippen LogP contribution in [0, 0.1) is 6.92 Å². The molecule has 1 heterocycles. The summed E-state index contributed by atoms with van der Waals surface area (Å²) in [4.78, 5) is 27.1. The number of aryl methyl sites for hydroxylation is 1. The molecule has 1 amide bonds. The Morgan fingerprint density at radius 3 is 2.38 bits per heavy atom. The number of hydrogen-bond acceptors (Lipinski definition) is 4. The van der Waals surface area contributed by atoms with Crippen LogP contribution in [0.2, 0.25) is 0 Å². The highest BCUT2D eigenvalue weighted by atomic mass is 19.4. The predicted molar refractivity (Wildman–Crippen MR) is 89.3 cm³/mol. The van der Waals surface area contributed by atoms with E-state index in [-0.39, 0.29) is 24.3 Å². The molecule has 0 bridgehead atoms. The first-order valence-corrected chi connectivity index (χ1v) is 7.71. The van der Waals surface area contributed by atoms with Gasteiger partial charge in [-0.05, 0) is 24.6 Å². The highest BCUT2D eigenvalue weighted by Crippen LogP contribution is 2.31. The summed E-state index contributed by atoms with van der Waals surface area (Å²) < 4.78 is 48.5. The van der Waals surface area contributed by atoms with Crippen LogP contribution in [0.1, 0.15) is 21.5 Å². The minimum absolute atomic E-state index is 0.0178. The van der Waals surface area contributed by atoms with Crippen LogP contribution in [0.3, 0.4) is 0 Å². The predicted octanol–water partition coefficient (Wildman–Crippen LogP) is 2.25. The number of amides is 1. The van der Waals surface area contributed by atoms with Gasteiger partial charge in [-0.3, -0.25) is 9.59 Å². The molecule has 0 saturated heterocycles. The zero-order chi connectivity index (χ0) is 19.5. The summed E-state index contributed by atoms with van der Waals surface area (Å²) in [5.74, 6) is -0.648. The van der Waals surface area contributed by atoms with Crippen LogP contribution in [0.15, 0.2) is 23.0 Å². The molecule has 9 heteroatoms. The van der Waals surface area contributed by atoms with Crippen LogP contribution >= 0.6 is 0 Å². The molecule has 0 aliphatic heterocycles. The van der Waals surface area contributed by atoms with E-state index in [4.69, 9.17) is 9.47 Å². The molecular weight excluding hydrogens is 353 g/mol. The third-order valence-corrected chi connectivity index (χ3v) is 3.90. The number of aromatic nitrogens is 1. The van der Waals surface area contributed by atoms with E-state index in [0.29, 0.717) is 10.9 Å². The van der Waals surface area contributed by atoms with Gasteiger partial charge in [-0.25, -0.2) is 0 Å². The van der Waals surface area contributed by atoms with Crippen LogP contribution in [-0.2, 0) is 15.7 Å². The average Bonchev–Trinajstić information content (AvgIpc) is 2.54. The quantitative estimate of drug-likeness (QED) is 0.815. The minimum Gasteiger partial charge on any atom is -0.382 e. The van der Waals surface area contributed by atoms with Crippen molar-refractivity contribution in [2.45, 2.75) is 19.1 Å². The van der Waals surface area contributed by atoms with Gasteiger partial charge in [0.2, 0.25) is 0 Å². The van der Waals surface area contributed by atoms with Gasteiger partial charge in [0.05, 0.1) is 24.8 Å². The lowest BCUT2D eigenvalue weighted by Gasteiger charge is -2.18. The summed E-state index contributed by atoms with van der Waals surface area (Å²) in [6.07, 6.45) is -4.53. The van der Waals surface area contributed by atoms with Crippen LogP contribution in [-0.4, -0.2) is 44.4 Å². The Balaban J connectivity index is 2.45. The van der Waals surface area contributed by atoms with Crippen molar-refractivity contribution in [1.82, 2.24) is 10.3 Å². The number of benzene rings is 1. The maximum atomic E-state index is 12.8. The lowest BCUT2D eigenvalue weighted by molar-refractivity contribution is -0.137. The number of carbonyl (C=O) groups excluding carboxylic acids is 1. The number of rotatable bonds is 6. The summed E-state index contributed by atoms with van der Waals surface area (Å²) in [5, 5.41) is 2.99. The van der Waals surface area contributed by atoms with Crippen LogP contribution in [0.4, 0.5) is 13.2 Å². The smallest absolute Gasteiger partial charge is 0.382 e. The van der Waals surface area contributed by atoms with E-state index >= 15 is 0 Å². The Labute approximate surface area is 147 Å². The monoisotopic (exact) mass is 372 g/mol. The number of hydrogen-bond donors (Lipinski definition) is 2. The molecule has 26 heavy (non-hydrogen) atoms. The maximum Gasteiger partial charge on any atom is 0.416 e. The molecule has 0 aliphatic rings. The Morgan fingerprint density at radius 1 is 1.23 bits per heavy atom. The molecule has 0 unspecified atom stereocenters. The van der Waals surface area contributed by atoms with Crippen molar-refractivity contribution in [3.63, 3.8) is 0 Å². The zero-order valence-electron chi connectivity index (χ0n) is 14.5. The first-order chi connectivity index (χ1) is 12.2. The Hall–Kier alpha value is -2.39. The second-order valence-electron chi connectivity index (χ2n) is 5.79.